The number of benzene rings is 1. The van der Waals surface area contributed by atoms with E-state index < -0.39 is 11.7 Å². The quantitative estimate of drug-likeness (QED) is 0.703. The van der Waals surface area contributed by atoms with Gasteiger partial charge in [0, 0.05) is 57.5 Å². The summed E-state index contributed by atoms with van der Waals surface area (Å²) < 4.78 is 45.6. The van der Waals surface area contributed by atoms with Crippen LogP contribution in [0, 0.1) is 5.92 Å². The van der Waals surface area contributed by atoms with E-state index in [1.54, 1.807) is 6.07 Å². The van der Waals surface area contributed by atoms with Crippen molar-refractivity contribution in [2.75, 3.05) is 63.9 Å². The summed E-state index contributed by atoms with van der Waals surface area (Å²) in [5.74, 6) is -0.399. The van der Waals surface area contributed by atoms with Crippen molar-refractivity contribution in [3.8, 4) is 0 Å². The lowest BCUT2D eigenvalue weighted by molar-refractivity contribution is -0.137. The molecule has 0 bridgehead atoms. The normalized spacial score (nSPS) is 26.9. The van der Waals surface area contributed by atoms with E-state index in [2.05, 4.69) is 20.0 Å². The van der Waals surface area contributed by atoms with Crippen LogP contribution in [0.5, 0.6) is 0 Å². The predicted octanol–water partition coefficient (Wildman–Crippen LogP) is 2.76. The van der Waals surface area contributed by atoms with Gasteiger partial charge in [0.1, 0.15) is 0 Å². The Morgan fingerprint density at radius 1 is 1.09 bits per heavy atom. The largest absolute Gasteiger partial charge is 0.416 e. The summed E-state index contributed by atoms with van der Waals surface area (Å²) >= 11 is 0. The maximum absolute atomic E-state index is 13.4. The van der Waals surface area contributed by atoms with Gasteiger partial charge in [-0.3, -0.25) is 14.6 Å². The Bertz CT molecular complexity index is 868. The number of fused-ring (bicyclic) bond motifs is 3. The van der Waals surface area contributed by atoms with Crippen LogP contribution in [0.3, 0.4) is 0 Å². The smallest absolute Gasteiger partial charge is 0.379 e. The third kappa shape index (κ3) is 5.06. The van der Waals surface area contributed by atoms with E-state index in [1.807, 2.05) is 0 Å². The Morgan fingerprint density at radius 3 is 2.59 bits per heavy atom. The Balaban J connectivity index is 1.33. The second kappa shape index (κ2) is 10.0. The molecule has 1 aromatic carbocycles. The van der Waals surface area contributed by atoms with E-state index in [0.717, 1.165) is 45.0 Å². The molecule has 0 spiro atoms. The van der Waals surface area contributed by atoms with Crippen LogP contribution < -0.4 is 10.2 Å². The molecule has 5 rings (SSSR count). The zero-order valence-corrected chi connectivity index (χ0v) is 19.7. The number of nitrogens with zero attached hydrogens (tertiary/aromatic N) is 3. The van der Waals surface area contributed by atoms with E-state index >= 15 is 0 Å². The lowest BCUT2D eigenvalue weighted by Crippen LogP contribution is -2.62. The van der Waals surface area contributed by atoms with Gasteiger partial charge in [0.15, 0.2) is 0 Å². The van der Waals surface area contributed by atoms with E-state index in [4.69, 9.17) is 4.74 Å². The number of amides is 1. The molecule has 0 radical (unpaired) electrons. The van der Waals surface area contributed by atoms with Crippen LogP contribution in [0.25, 0.3) is 0 Å². The molecule has 3 heterocycles. The fraction of sp³-hybridized carbons (Fsp3) is 0.720. The molecular formula is C25H35F3N4O2. The van der Waals surface area contributed by atoms with Crippen LogP contribution in [-0.2, 0) is 22.1 Å². The molecular weight excluding hydrogens is 445 g/mol. The average molecular weight is 481 g/mol. The molecule has 1 amide bonds. The molecule has 9 heteroatoms. The molecule has 188 valence electrons. The second-order valence-corrected chi connectivity index (χ2v) is 10.1. The Morgan fingerprint density at radius 2 is 1.85 bits per heavy atom. The van der Waals surface area contributed by atoms with Crippen molar-refractivity contribution in [2.24, 2.45) is 5.92 Å². The Labute approximate surface area is 199 Å². The summed E-state index contributed by atoms with van der Waals surface area (Å²) in [5, 5.41) is 3.10. The lowest BCUT2D eigenvalue weighted by Gasteiger charge is -2.50. The number of halogens is 3. The van der Waals surface area contributed by atoms with Gasteiger partial charge in [0.25, 0.3) is 0 Å². The van der Waals surface area contributed by atoms with Gasteiger partial charge in [-0.2, -0.15) is 13.2 Å². The van der Waals surface area contributed by atoms with Gasteiger partial charge in [-0.25, -0.2) is 0 Å². The second-order valence-electron chi connectivity index (χ2n) is 10.1. The van der Waals surface area contributed by atoms with Crippen LogP contribution in [0.1, 0.15) is 36.8 Å². The van der Waals surface area contributed by atoms with Crippen LogP contribution in [0.4, 0.5) is 18.9 Å². The first-order chi connectivity index (χ1) is 16.4. The van der Waals surface area contributed by atoms with Crippen molar-refractivity contribution < 1.29 is 22.7 Å². The lowest BCUT2D eigenvalue weighted by atomic mass is 9.82. The molecule has 1 aliphatic carbocycles. The van der Waals surface area contributed by atoms with Crippen molar-refractivity contribution in [3.05, 3.63) is 29.3 Å². The van der Waals surface area contributed by atoms with Gasteiger partial charge in [-0.1, -0.05) is 12.8 Å². The molecule has 2 saturated heterocycles. The fourth-order valence-electron chi connectivity index (χ4n) is 6.22. The van der Waals surface area contributed by atoms with Crippen LogP contribution >= 0.6 is 0 Å². The number of anilines is 1. The van der Waals surface area contributed by atoms with E-state index in [1.165, 1.54) is 37.8 Å². The monoisotopic (exact) mass is 480 g/mol. The molecule has 3 fully saturated rings. The van der Waals surface area contributed by atoms with Gasteiger partial charge in [-0.15, -0.1) is 0 Å². The van der Waals surface area contributed by atoms with Crippen molar-refractivity contribution in [3.63, 3.8) is 0 Å². The molecule has 1 aromatic rings. The molecule has 34 heavy (non-hydrogen) atoms. The first kappa shape index (κ1) is 23.9. The van der Waals surface area contributed by atoms with Gasteiger partial charge in [0.2, 0.25) is 5.91 Å². The third-order valence-corrected chi connectivity index (χ3v) is 8.08. The van der Waals surface area contributed by atoms with Crippen molar-refractivity contribution in [2.45, 2.75) is 50.4 Å². The van der Waals surface area contributed by atoms with E-state index in [9.17, 15) is 18.0 Å². The number of morpholine rings is 1. The van der Waals surface area contributed by atoms with Crippen molar-refractivity contribution >= 4 is 11.6 Å². The summed E-state index contributed by atoms with van der Waals surface area (Å²) in [7, 11) is 0. The predicted molar refractivity (Wildman–Crippen MR) is 124 cm³/mol. The zero-order chi connectivity index (χ0) is 23.7. The highest BCUT2D eigenvalue weighted by Gasteiger charge is 2.43. The van der Waals surface area contributed by atoms with E-state index in [-0.39, 0.29) is 17.9 Å². The summed E-state index contributed by atoms with van der Waals surface area (Å²) in [4.78, 5) is 20.4. The maximum atomic E-state index is 13.4. The van der Waals surface area contributed by atoms with Crippen LogP contribution in [-0.4, -0.2) is 86.8 Å². The standard InChI is InChI=1S/C25H35F3N4O2/c26-25(27,28)19-5-6-22-18(15-19)16-21(24(33)29-7-8-30-11-13-34-14-12-30)23-17-31(9-10-32(22)23)20-3-1-2-4-20/h5-6,15,20-21,23H,1-4,7-14,16-17H2,(H,29,33)/t21-,23+/m0/s1. The fourth-order valence-corrected chi connectivity index (χ4v) is 6.22. The third-order valence-electron chi connectivity index (χ3n) is 8.08. The highest BCUT2D eigenvalue weighted by atomic mass is 19.4. The highest BCUT2D eigenvalue weighted by molar-refractivity contribution is 5.82. The molecule has 3 aliphatic heterocycles. The summed E-state index contributed by atoms with van der Waals surface area (Å²) in [6.07, 6.45) is 0.878. The number of carbonyl (C=O) groups excluding carboxylic acids is 1. The first-order valence-electron chi connectivity index (χ1n) is 12.7. The molecule has 1 saturated carbocycles. The zero-order valence-electron chi connectivity index (χ0n) is 19.7. The number of hydrogen-bond acceptors (Lipinski definition) is 5. The van der Waals surface area contributed by atoms with Gasteiger partial charge >= 0.3 is 6.18 Å². The number of rotatable bonds is 5. The van der Waals surface area contributed by atoms with Crippen LogP contribution in [0.2, 0.25) is 0 Å². The van der Waals surface area contributed by atoms with Crippen molar-refractivity contribution in [1.29, 1.82) is 0 Å². The Kier molecular flexibility index (Phi) is 7.04. The number of alkyl halides is 3. The number of ether oxygens (including phenoxy) is 1. The van der Waals surface area contributed by atoms with Crippen LogP contribution in [0.15, 0.2) is 18.2 Å². The minimum atomic E-state index is -4.39. The minimum absolute atomic E-state index is 0.0121. The molecule has 0 aromatic heterocycles. The number of piperazine rings is 1. The number of hydrogen-bond donors (Lipinski definition) is 1. The summed E-state index contributed by atoms with van der Waals surface area (Å²) in [6, 6.07) is 4.61. The highest BCUT2D eigenvalue weighted by Crippen LogP contribution is 2.40. The van der Waals surface area contributed by atoms with Gasteiger partial charge in [-0.05, 0) is 43.0 Å². The molecule has 0 unspecified atom stereocenters. The topological polar surface area (TPSA) is 48.1 Å². The van der Waals surface area contributed by atoms with Gasteiger partial charge < -0.3 is 15.0 Å². The van der Waals surface area contributed by atoms with E-state index in [0.29, 0.717) is 37.8 Å². The molecule has 4 aliphatic rings. The summed E-state index contributed by atoms with van der Waals surface area (Å²) in [5.41, 5.74) is 0.857. The molecule has 2 atom stereocenters. The average Bonchev–Trinajstić information content (AvgIpc) is 3.38. The van der Waals surface area contributed by atoms with Crippen molar-refractivity contribution in [1.82, 2.24) is 15.1 Å². The SMILES string of the molecule is O=C(NCCN1CCOCC1)[C@H]1Cc2cc(C(F)(F)F)ccc2N2CCN(C3CCCC3)C[C@H]12. The minimum Gasteiger partial charge on any atom is -0.379 e. The maximum Gasteiger partial charge on any atom is 0.416 e. The summed E-state index contributed by atoms with van der Waals surface area (Å²) in [6.45, 7) is 6.89. The number of nitrogens with one attached hydrogen (secondary N) is 1. The Hall–Kier alpha value is -1.84. The molecule has 6 nitrogen and oxygen atoms in total. The first-order valence-corrected chi connectivity index (χ1v) is 12.7. The number of carbonyl (C=O) groups is 1. The molecule has 1 N–H and O–H groups in total. The van der Waals surface area contributed by atoms with Gasteiger partial charge in [0.05, 0.1) is 30.7 Å².